The van der Waals surface area contributed by atoms with Crippen LogP contribution < -0.4 is 0 Å². The third-order valence-corrected chi connectivity index (χ3v) is 1.52. The molecule has 0 saturated carbocycles. The van der Waals surface area contributed by atoms with Gasteiger partial charge >= 0.3 is 0 Å². The van der Waals surface area contributed by atoms with Crippen molar-refractivity contribution in [3.05, 3.63) is 23.9 Å². The zero-order valence-electron chi connectivity index (χ0n) is 8.33. The molecule has 0 unspecified atom stereocenters. The maximum absolute atomic E-state index is 11.1. The van der Waals surface area contributed by atoms with Crippen LogP contribution in [-0.4, -0.2) is 23.6 Å². The molecule has 0 aliphatic rings. The molecule has 1 amide bonds. The average Bonchev–Trinajstić information content (AvgIpc) is 1.97. The topological polar surface area (TPSA) is 37.4 Å². The molecule has 0 radical (unpaired) electrons. The first-order valence-electron chi connectivity index (χ1n) is 4.04. The summed E-state index contributed by atoms with van der Waals surface area (Å²) in [6, 6.07) is 0. The van der Waals surface area contributed by atoms with E-state index >= 15 is 0 Å². The monoisotopic (exact) mass is 181 g/mol. The fourth-order valence-electron chi connectivity index (χ4n) is 1.03. The summed E-state index contributed by atoms with van der Waals surface area (Å²) in [6.07, 6.45) is 2.47. The highest BCUT2D eigenvalue weighted by Crippen LogP contribution is 2.05. The molecule has 3 heteroatoms. The molecule has 72 valence electrons. The zero-order valence-corrected chi connectivity index (χ0v) is 8.33. The van der Waals surface area contributed by atoms with Crippen LogP contribution in [0.4, 0.5) is 0 Å². The van der Waals surface area contributed by atoms with Crippen LogP contribution in [0.1, 0.15) is 20.8 Å². The van der Waals surface area contributed by atoms with Gasteiger partial charge in [-0.05, 0) is 19.9 Å². The summed E-state index contributed by atoms with van der Waals surface area (Å²) >= 11 is 0. The van der Waals surface area contributed by atoms with E-state index in [1.165, 1.54) is 11.8 Å². The Balaban J connectivity index is 4.63. The maximum Gasteiger partial charge on any atom is 0.223 e. The lowest BCUT2D eigenvalue weighted by Crippen LogP contribution is -2.28. The molecule has 3 nitrogen and oxygen atoms in total. The van der Waals surface area contributed by atoms with Crippen LogP contribution in [0, 0.1) is 0 Å². The highest BCUT2D eigenvalue weighted by molar-refractivity contribution is 5.78. The van der Waals surface area contributed by atoms with Crippen molar-refractivity contribution in [3.63, 3.8) is 0 Å². The lowest BCUT2D eigenvalue weighted by molar-refractivity contribution is -0.129. The summed E-state index contributed by atoms with van der Waals surface area (Å²) in [6.45, 7) is 8.84. The first kappa shape index (κ1) is 11.6. The lowest BCUT2D eigenvalue weighted by Gasteiger charge is -2.18. The number of amides is 1. The SMILES string of the molecule is C=C(C)/C=C(\C)N(CC=O)C(C)=O. The number of hydrogen-bond donors (Lipinski definition) is 0. The van der Waals surface area contributed by atoms with Gasteiger partial charge in [-0.2, -0.15) is 0 Å². The number of carbonyl (C=O) groups excluding carboxylic acids is 2. The van der Waals surface area contributed by atoms with E-state index in [-0.39, 0.29) is 12.5 Å². The van der Waals surface area contributed by atoms with E-state index in [0.29, 0.717) is 6.29 Å². The summed E-state index contributed by atoms with van der Waals surface area (Å²) in [5.41, 5.74) is 1.60. The Hall–Kier alpha value is -1.38. The zero-order chi connectivity index (χ0) is 10.4. The van der Waals surface area contributed by atoms with Gasteiger partial charge in [0.25, 0.3) is 0 Å². The summed E-state index contributed by atoms with van der Waals surface area (Å²) in [5, 5.41) is 0. The first-order valence-corrected chi connectivity index (χ1v) is 4.04. The molecule has 0 bridgehead atoms. The Kier molecular flexibility index (Phi) is 4.74. The van der Waals surface area contributed by atoms with Gasteiger partial charge in [-0.1, -0.05) is 12.2 Å². The molecule has 0 saturated heterocycles. The Morgan fingerprint density at radius 1 is 1.38 bits per heavy atom. The van der Waals surface area contributed by atoms with Crippen molar-refractivity contribution >= 4 is 12.2 Å². The van der Waals surface area contributed by atoms with E-state index in [4.69, 9.17) is 0 Å². The van der Waals surface area contributed by atoms with Crippen LogP contribution in [0.15, 0.2) is 23.9 Å². The molecule has 0 aromatic rings. The standard InChI is InChI=1S/C10H15NO2/c1-8(2)7-9(3)11(5-6-12)10(4)13/h6-7H,1,5H2,2-4H3/b9-7+. The number of hydrogen-bond acceptors (Lipinski definition) is 2. The molecule has 0 aromatic heterocycles. The van der Waals surface area contributed by atoms with Crippen LogP contribution in [0.25, 0.3) is 0 Å². The lowest BCUT2D eigenvalue weighted by atomic mass is 10.2. The number of nitrogens with zero attached hydrogens (tertiary/aromatic N) is 1. The van der Waals surface area contributed by atoms with Gasteiger partial charge in [0.1, 0.15) is 6.29 Å². The molecular weight excluding hydrogens is 166 g/mol. The van der Waals surface area contributed by atoms with Crippen LogP contribution in [0.3, 0.4) is 0 Å². The molecule has 0 aliphatic heterocycles. The van der Waals surface area contributed by atoms with Gasteiger partial charge in [0.15, 0.2) is 0 Å². The molecular formula is C10H15NO2. The molecule has 0 fully saturated rings. The van der Waals surface area contributed by atoms with Crippen molar-refractivity contribution in [2.24, 2.45) is 0 Å². The fourth-order valence-corrected chi connectivity index (χ4v) is 1.03. The predicted molar refractivity (Wildman–Crippen MR) is 52.0 cm³/mol. The number of carbonyl (C=O) groups is 2. The Morgan fingerprint density at radius 2 is 1.92 bits per heavy atom. The van der Waals surface area contributed by atoms with E-state index in [0.717, 1.165) is 11.3 Å². The van der Waals surface area contributed by atoms with E-state index in [1.807, 2.05) is 6.92 Å². The quantitative estimate of drug-likeness (QED) is 0.487. The molecule has 0 atom stereocenters. The van der Waals surface area contributed by atoms with Crippen LogP contribution in [0.5, 0.6) is 0 Å². The minimum atomic E-state index is -0.137. The molecule has 13 heavy (non-hydrogen) atoms. The number of aldehydes is 1. The predicted octanol–water partition coefficient (Wildman–Crippen LogP) is 1.51. The highest BCUT2D eigenvalue weighted by atomic mass is 16.2. The van der Waals surface area contributed by atoms with Crippen molar-refractivity contribution in [1.29, 1.82) is 0 Å². The molecule has 0 spiro atoms. The fraction of sp³-hybridized carbons (Fsp3) is 0.400. The Morgan fingerprint density at radius 3 is 2.23 bits per heavy atom. The van der Waals surface area contributed by atoms with Gasteiger partial charge < -0.3 is 9.69 Å². The maximum atomic E-state index is 11.1. The molecule has 0 heterocycles. The second-order valence-electron chi connectivity index (χ2n) is 2.93. The van der Waals surface area contributed by atoms with Crippen molar-refractivity contribution in [1.82, 2.24) is 4.90 Å². The smallest absolute Gasteiger partial charge is 0.223 e. The van der Waals surface area contributed by atoms with E-state index in [2.05, 4.69) is 6.58 Å². The van der Waals surface area contributed by atoms with E-state index in [1.54, 1.807) is 13.0 Å². The van der Waals surface area contributed by atoms with Crippen molar-refractivity contribution in [2.45, 2.75) is 20.8 Å². The molecule has 0 aliphatic carbocycles. The Labute approximate surface area is 78.7 Å². The van der Waals surface area contributed by atoms with E-state index < -0.39 is 0 Å². The average molecular weight is 181 g/mol. The minimum absolute atomic E-state index is 0.102. The van der Waals surface area contributed by atoms with Crippen LogP contribution >= 0.6 is 0 Å². The van der Waals surface area contributed by atoms with Crippen LogP contribution in [-0.2, 0) is 9.59 Å². The van der Waals surface area contributed by atoms with Crippen molar-refractivity contribution in [3.8, 4) is 0 Å². The summed E-state index contributed by atoms with van der Waals surface area (Å²) < 4.78 is 0. The van der Waals surface area contributed by atoms with Crippen LogP contribution in [0.2, 0.25) is 0 Å². The van der Waals surface area contributed by atoms with Gasteiger partial charge in [-0.3, -0.25) is 4.79 Å². The summed E-state index contributed by atoms with van der Waals surface area (Å²) in [5.74, 6) is -0.137. The molecule has 0 N–H and O–H groups in total. The van der Waals surface area contributed by atoms with E-state index in [9.17, 15) is 9.59 Å². The van der Waals surface area contributed by atoms with Gasteiger partial charge in [0.2, 0.25) is 5.91 Å². The Bertz CT molecular complexity index is 254. The van der Waals surface area contributed by atoms with Crippen molar-refractivity contribution in [2.75, 3.05) is 6.54 Å². The van der Waals surface area contributed by atoms with Gasteiger partial charge in [-0.15, -0.1) is 0 Å². The highest BCUT2D eigenvalue weighted by Gasteiger charge is 2.08. The largest absolute Gasteiger partial charge is 0.310 e. The minimum Gasteiger partial charge on any atom is -0.310 e. The molecule has 0 rings (SSSR count). The van der Waals surface area contributed by atoms with Gasteiger partial charge in [0, 0.05) is 12.6 Å². The number of rotatable bonds is 4. The summed E-state index contributed by atoms with van der Waals surface area (Å²) in [4.78, 5) is 22.7. The molecule has 0 aromatic carbocycles. The van der Waals surface area contributed by atoms with Crippen molar-refractivity contribution < 1.29 is 9.59 Å². The number of allylic oxidation sites excluding steroid dienone is 3. The second kappa shape index (κ2) is 5.30. The first-order chi connectivity index (χ1) is 5.99. The van der Waals surface area contributed by atoms with Gasteiger partial charge in [0.05, 0.1) is 6.54 Å². The second-order valence-corrected chi connectivity index (χ2v) is 2.93. The third kappa shape index (κ3) is 4.25. The third-order valence-electron chi connectivity index (χ3n) is 1.52. The normalized spacial score (nSPS) is 10.8. The summed E-state index contributed by atoms with van der Waals surface area (Å²) in [7, 11) is 0. The van der Waals surface area contributed by atoms with Gasteiger partial charge in [-0.25, -0.2) is 0 Å².